The van der Waals surface area contributed by atoms with Gasteiger partial charge in [0.1, 0.15) is 0 Å². The van der Waals surface area contributed by atoms with Crippen LogP contribution in [-0.4, -0.2) is 41.2 Å². The molecule has 1 unspecified atom stereocenters. The van der Waals surface area contributed by atoms with Crippen molar-refractivity contribution in [3.05, 3.63) is 57.8 Å². The summed E-state index contributed by atoms with van der Waals surface area (Å²) in [5.74, 6) is 1.24. The fourth-order valence-corrected chi connectivity index (χ4v) is 6.22. The summed E-state index contributed by atoms with van der Waals surface area (Å²) in [6, 6.07) is 12.4. The summed E-state index contributed by atoms with van der Waals surface area (Å²) in [6.45, 7) is 5.77. The van der Waals surface area contributed by atoms with E-state index in [0.717, 1.165) is 18.4 Å². The minimum Gasteiger partial charge on any atom is -0.333 e. The molecule has 5 heteroatoms. The molecule has 2 aliphatic rings. The van der Waals surface area contributed by atoms with E-state index in [-0.39, 0.29) is 24.4 Å². The van der Waals surface area contributed by atoms with E-state index in [2.05, 4.69) is 37.4 Å². The number of amides is 2. The molecular formula is C27H36N2O2S. The zero-order chi connectivity index (χ0) is 22.5. The fraction of sp³-hybridized carbons (Fsp3) is 0.556. The van der Waals surface area contributed by atoms with Crippen LogP contribution in [0.5, 0.6) is 0 Å². The van der Waals surface area contributed by atoms with Crippen LogP contribution in [0.15, 0.2) is 41.8 Å². The molecule has 0 N–H and O–H groups in total. The Kier molecular flexibility index (Phi) is 7.67. The van der Waals surface area contributed by atoms with Crippen LogP contribution >= 0.6 is 11.3 Å². The fourth-order valence-electron chi connectivity index (χ4n) is 5.31. The Morgan fingerprint density at radius 3 is 2.59 bits per heavy atom. The number of thiophene rings is 1. The van der Waals surface area contributed by atoms with Gasteiger partial charge in [0.05, 0.1) is 12.6 Å². The Morgan fingerprint density at radius 1 is 1.12 bits per heavy atom. The molecule has 2 amide bonds. The third-order valence-electron chi connectivity index (χ3n) is 6.91. The monoisotopic (exact) mass is 452 g/mol. The number of benzene rings is 1. The van der Waals surface area contributed by atoms with E-state index in [1.54, 1.807) is 11.3 Å². The summed E-state index contributed by atoms with van der Waals surface area (Å²) in [5, 5.41) is 2.13. The first-order valence-electron chi connectivity index (χ1n) is 12.2. The molecule has 1 atom stereocenters. The van der Waals surface area contributed by atoms with Gasteiger partial charge in [-0.25, -0.2) is 0 Å². The van der Waals surface area contributed by atoms with Crippen LogP contribution in [-0.2, 0) is 16.0 Å². The molecule has 172 valence electrons. The van der Waals surface area contributed by atoms with Crippen molar-refractivity contribution in [2.75, 3.05) is 19.6 Å². The molecule has 2 aromatic rings. The SMILES string of the molecule is CC(C)CN(CC(=O)N1CCc2sccc2C1c1ccccc1)C(=O)CCC1CCCC1. The van der Waals surface area contributed by atoms with Crippen molar-refractivity contribution < 1.29 is 9.59 Å². The minimum atomic E-state index is -0.0619. The Labute approximate surface area is 196 Å². The van der Waals surface area contributed by atoms with Gasteiger partial charge in [0, 0.05) is 24.4 Å². The number of nitrogens with zero attached hydrogens (tertiary/aromatic N) is 2. The van der Waals surface area contributed by atoms with Gasteiger partial charge in [-0.1, -0.05) is 69.9 Å². The first-order chi connectivity index (χ1) is 15.5. The topological polar surface area (TPSA) is 40.6 Å². The van der Waals surface area contributed by atoms with Gasteiger partial charge >= 0.3 is 0 Å². The predicted molar refractivity (Wildman–Crippen MR) is 131 cm³/mol. The number of carbonyl (C=O) groups excluding carboxylic acids is 2. The Bertz CT molecular complexity index is 901. The standard InChI is InChI=1S/C27H36N2O2S/c1-20(2)18-28(25(30)13-12-21-8-6-7-9-21)19-26(31)29-16-14-24-23(15-17-32-24)27(29)22-10-4-3-5-11-22/h3-5,10-11,15,17,20-21,27H,6-9,12-14,16,18-19H2,1-2H3. The molecular weight excluding hydrogens is 416 g/mol. The summed E-state index contributed by atoms with van der Waals surface area (Å²) in [4.78, 5) is 31.9. The number of rotatable bonds is 8. The summed E-state index contributed by atoms with van der Waals surface area (Å²) < 4.78 is 0. The Balaban J connectivity index is 1.49. The molecule has 0 saturated heterocycles. The maximum atomic E-state index is 13.6. The van der Waals surface area contributed by atoms with E-state index in [0.29, 0.717) is 31.3 Å². The van der Waals surface area contributed by atoms with Crippen molar-refractivity contribution in [2.45, 2.75) is 64.8 Å². The van der Waals surface area contributed by atoms with Gasteiger partial charge in [0.2, 0.25) is 11.8 Å². The largest absolute Gasteiger partial charge is 0.333 e. The molecule has 4 rings (SSSR count). The molecule has 0 bridgehead atoms. The lowest BCUT2D eigenvalue weighted by molar-refractivity contribution is -0.142. The smallest absolute Gasteiger partial charge is 0.242 e. The van der Waals surface area contributed by atoms with Gasteiger partial charge in [-0.15, -0.1) is 11.3 Å². The molecule has 1 aliphatic heterocycles. The van der Waals surface area contributed by atoms with Crippen LogP contribution in [0, 0.1) is 11.8 Å². The second kappa shape index (κ2) is 10.7. The molecule has 1 saturated carbocycles. The van der Waals surface area contributed by atoms with Crippen LogP contribution in [0.4, 0.5) is 0 Å². The molecule has 1 aromatic carbocycles. The van der Waals surface area contributed by atoms with Gasteiger partial charge in [-0.05, 0) is 47.3 Å². The summed E-state index contributed by atoms with van der Waals surface area (Å²) in [7, 11) is 0. The van der Waals surface area contributed by atoms with E-state index in [9.17, 15) is 9.59 Å². The molecule has 32 heavy (non-hydrogen) atoms. The van der Waals surface area contributed by atoms with Crippen molar-refractivity contribution in [2.24, 2.45) is 11.8 Å². The van der Waals surface area contributed by atoms with Crippen LogP contribution in [0.2, 0.25) is 0 Å². The summed E-state index contributed by atoms with van der Waals surface area (Å²) in [6.07, 6.45) is 7.54. The van der Waals surface area contributed by atoms with E-state index >= 15 is 0 Å². The lowest BCUT2D eigenvalue weighted by atomic mass is 9.93. The van der Waals surface area contributed by atoms with Gasteiger partial charge in [0.25, 0.3) is 0 Å². The quantitative estimate of drug-likeness (QED) is 0.517. The van der Waals surface area contributed by atoms with Crippen molar-refractivity contribution in [1.82, 2.24) is 9.80 Å². The van der Waals surface area contributed by atoms with Crippen LogP contribution in [0.1, 0.15) is 74.4 Å². The predicted octanol–water partition coefficient (Wildman–Crippen LogP) is 5.68. The first kappa shape index (κ1) is 23.0. The number of carbonyl (C=O) groups is 2. The lowest BCUT2D eigenvalue weighted by Crippen LogP contribution is -2.47. The zero-order valence-electron chi connectivity index (χ0n) is 19.5. The molecule has 0 spiro atoms. The van der Waals surface area contributed by atoms with E-state index in [4.69, 9.17) is 0 Å². The van der Waals surface area contributed by atoms with Crippen molar-refractivity contribution >= 4 is 23.2 Å². The van der Waals surface area contributed by atoms with Crippen molar-refractivity contribution in [3.63, 3.8) is 0 Å². The maximum absolute atomic E-state index is 13.6. The van der Waals surface area contributed by atoms with E-state index < -0.39 is 0 Å². The second-order valence-corrected chi connectivity index (χ2v) is 10.8. The highest BCUT2D eigenvalue weighted by Crippen LogP contribution is 2.37. The van der Waals surface area contributed by atoms with E-state index in [1.165, 1.54) is 36.1 Å². The second-order valence-electron chi connectivity index (χ2n) is 9.81. The number of hydrogen-bond acceptors (Lipinski definition) is 3. The number of hydrogen-bond donors (Lipinski definition) is 0. The van der Waals surface area contributed by atoms with Crippen LogP contribution < -0.4 is 0 Å². The molecule has 1 fully saturated rings. The Hall–Kier alpha value is -2.14. The number of fused-ring (bicyclic) bond motifs is 1. The average molecular weight is 453 g/mol. The highest BCUT2D eigenvalue weighted by molar-refractivity contribution is 7.10. The average Bonchev–Trinajstić information content (AvgIpc) is 3.48. The van der Waals surface area contributed by atoms with Crippen LogP contribution in [0.3, 0.4) is 0 Å². The Morgan fingerprint density at radius 2 is 1.88 bits per heavy atom. The maximum Gasteiger partial charge on any atom is 0.242 e. The highest BCUT2D eigenvalue weighted by Gasteiger charge is 2.34. The van der Waals surface area contributed by atoms with Crippen molar-refractivity contribution in [1.29, 1.82) is 0 Å². The molecule has 0 radical (unpaired) electrons. The van der Waals surface area contributed by atoms with Crippen LogP contribution in [0.25, 0.3) is 0 Å². The van der Waals surface area contributed by atoms with Gasteiger partial charge in [0.15, 0.2) is 0 Å². The lowest BCUT2D eigenvalue weighted by Gasteiger charge is -2.38. The normalized spacial score (nSPS) is 18.7. The molecule has 2 heterocycles. The van der Waals surface area contributed by atoms with Crippen molar-refractivity contribution in [3.8, 4) is 0 Å². The van der Waals surface area contributed by atoms with Gasteiger partial charge < -0.3 is 9.80 Å². The molecule has 1 aliphatic carbocycles. The van der Waals surface area contributed by atoms with Gasteiger partial charge in [-0.2, -0.15) is 0 Å². The van der Waals surface area contributed by atoms with E-state index in [1.807, 2.05) is 28.0 Å². The first-order valence-corrected chi connectivity index (χ1v) is 13.1. The molecule has 1 aromatic heterocycles. The minimum absolute atomic E-state index is 0.0607. The third kappa shape index (κ3) is 5.43. The zero-order valence-corrected chi connectivity index (χ0v) is 20.3. The third-order valence-corrected chi connectivity index (χ3v) is 7.90. The van der Waals surface area contributed by atoms with Gasteiger partial charge in [-0.3, -0.25) is 9.59 Å². The summed E-state index contributed by atoms with van der Waals surface area (Å²) in [5.41, 5.74) is 2.38. The molecule has 4 nitrogen and oxygen atoms in total. The highest BCUT2D eigenvalue weighted by atomic mass is 32.1. The summed E-state index contributed by atoms with van der Waals surface area (Å²) >= 11 is 1.78.